The van der Waals surface area contributed by atoms with Gasteiger partial charge in [-0.15, -0.1) is 0 Å². The van der Waals surface area contributed by atoms with Crippen molar-refractivity contribution < 1.29 is 4.74 Å². The van der Waals surface area contributed by atoms with Crippen LogP contribution >= 0.6 is 0 Å². The van der Waals surface area contributed by atoms with E-state index in [1.54, 1.807) is 0 Å². The Kier molecular flexibility index (Phi) is 6.32. The van der Waals surface area contributed by atoms with Crippen LogP contribution in [-0.4, -0.2) is 30.8 Å². The normalized spacial score (nSPS) is 13.3. The number of aliphatic imine (C=N–C) groups is 1. The summed E-state index contributed by atoms with van der Waals surface area (Å²) < 4.78 is 5.39. The van der Waals surface area contributed by atoms with Gasteiger partial charge in [-0.25, -0.2) is 0 Å². The van der Waals surface area contributed by atoms with E-state index in [2.05, 4.69) is 31.1 Å². The summed E-state index contributed by atoms with van der Waals surface area (Å²) in [7, 11) is 0. The number of nitrogens with one attached hydrogen (secondary N) is 1. The number of guanidine groups is 1. The lowest BCUT2D eigenvalue weighted by Gasteiger charge is -2.20. The number of nitrogens with zero attached hydrogens (tertiary/aromatic N) is 1. The molecule has 0 aromatic carbocycles. The van der Waals surface area contributed by atoms with E-state index in [0.29, 0.717) is 18.6 Å². The molecule has 15 heavy (non-hydrogen) atoms. The Hall–Kier alpha value is -0.770. The smallest absolute Gasteiger partial charge is 0.188 e. The van der Waals surface area contributed by atoms with E-state index >= 15 is 0 Å². The highest BCUT2D eigenvalue weighted by Gasteiger charge is 2.09. The maximum absolute atomic E-state index is 5.70. The zero-order chi connectivity index (χ0) is 11.9. The van der Waals surface area contributed by atoms with Gasteiger partial charge in [-0.05, 0) is 41.0 Å². The van der Waals surface area contributed by atoms with Crippen LogP contribution in [0.2, 0.25) is 0 Å². The van der Waals surface area contributed by atoms with Crippen molar-refractivity contribution in [3.05, 3.63) is 0 Å². The molecule has 4 heteroatoms. The summed E-state index contributed by atoms with van der Waals surface area (Å²) in [6.07, 6.45) is 1.20. The molecule has 0 aliphatic rings. The van der Waals surface area contributed by atoms with Gasteiger partial charge in [0, 0.05) is 18.7 Å². The van der Waals surface area contributed by atoms with Crippen LogP contribution in [0.3, 0.4) is 0 Å². The topological polar surface area (TPSA) is 59.6 Å². The minimum atomic E-state index is -0.0258. The molecular formula is C11H25N3O. The van der Waals surface area contributed by atoms with Crippen molar-refractivity contribution in [2.24, 2.45) is 10.7 Å². The zero-order valence-corrected chi connectivity index (χ0v) is 10.6. The van der Waals surface area contributed by atoms with Gasteiger partial charge >= 0.3 is 0 Å². The van der Waals surface area contributed by atoms with Gasteiger partial charge in [-0.1, -0.05) is 0 Å². The third-order valence-electron chi connectivity index (χ3n) is 1.54. The Morgan fingerprint density at radius 3 is 2.47 bits per heavy atom. The lowest BCUT2D eigenvalue weighted by molar-refractivity contribution is 0.0783. The molecule has 0 aliphatic carbocycles. The molecule has 0 rings (SSSR count). The minimum absolute atomic E-state index is 0.0258. The molecule has 90 valence electrons. The molecule has 0 fully saturated rings. The molecule has 0 bridgehead atoms. The lowest BCUT2D eigenvalue weighted by atomic mass is 10.1. The highest BCUT2D eigenvalue weighted by molar-refractivity contribution is 5.78. The first-order valence-electron chi connectivity index (χ1n) is 5.51. The second kappa shape index (κ2) is 6.67. The van der Waals surface area contributed by atoms with Gasteiger partial charge in [-0.2, -0.15) is 0 Å². The molecular weight excluding hydrogens is 190 g/mol. The predicted octanol–water partition coefficient (Wildman–Crippen LogP) is 1.50. The summed E-state index contributed by atoms with van der Waals surface area (Å²) in [5.74, 6) is 0.507. The average Bonchev–Trinajstić information content (AvgIpc) is 1.99. The molecule has 3 N–H and O–H groups in total. The number of rotatable bonds is 5. The van der Waals surface area contributed by atoms with Crippen molar-refractivity contribution in [3.63, 3.8) is 0 Å². The van der Waals surface area contributed by atoms with Crippen molar-refractivity contribution in [3.8, 4) is 0 Å². The lowest BCUT2D eigenvalue weighted by Crippen LogP contribution is -2.45. The number of ether oxygens (including phenoxy) is 1. The third kappa shape index (κ3) is 11.2. The summed E-state index contributed by atoms with van der Waals surface area (Å²) in [6, 6.07) is 0. The van der Waals surface area contributed by atoms with Crippen molar-refractivity contribution >= 4 is 5.96 Å². The van der Waals surface area contributed by atoms with Crippen LogP contribution in [0, 0.1) is 0 Å². The van der Waals surface area contributed by atoms with Crippen molar-refractivity contribution in [1.82, 2.24) is 5.32 Å². The third-order valence-corrected chi connectivity index (χ3v) is 1.54. The zero-order valence-electron chi connectivity index (χ0n) is 10.6. The number of nitrogens with two attached hydrogens (primary N) is 1. The van der Waals surface area contributed by atoms with Gasteiger partial charge in [0.15, 0.2) is 5.96 Å². The summed E-state index contributed by atoms with van der Waals surface area (Å²) in [6.45, 7) is 11.7. The quantitative estimate of drug-likeness (QED) is 0.415. The van der Waals surface area contributed by atoms with Gasteiger partial charge in [0.25, 0.3) is 0 Å². The second-order valence-electron chi connectivity index (χ2n) is 4.92. The molecule has 0 atom stereocenters. The minimum Gasteiger partial charge on any atom is -0.379 e. The fourth-order valence-corrected chi connectivity index (χ4v) is 1.01. The van der Waals surface area contributed by atoms with Crippen molar-refractivity contribution in [2.45, 2.75) is 52.7 Å². The molecule has 0 amide bonds. The monoisotopic (exact) mass is 215 g/mol. The van der Waals surface area contributed by atoms with E-state index in [1.807, 2.05) is 13.8 Å². The van der Waals surface area contributed by atoms with Crippen LogP contribution in [0.1, 0.15) is 41.0 Å². The molecule has 0 saturated heterocycles. The molecule has 0 heterocycles. The summed E-state index contributed by atoms with van der Waals surface area (Å²) in [5, 5.41) is 3.11. The maximum atomic E-state index is 5.70. The summed E-state index contributed by atoms with van der Waals surface area (Å²) in [4.78, 5) is 4.21. The van der Waals surface area contributed by atoms with Crippen molar-refractivity contribution in [1.29, 1.82) is 0 Å². The van der Waals surface area contributed by atoms with E-state index in [-0.39, 0.29) is 5.54 Å². The second-order valence-corrected chi connectivity index (χ2v) is 4.92. The molecule has 4 nitrogen and oxygen atoms in total. The molecule has 0 saturated carbocycles. The molecule has 0 spiro atoms. The highest BCUT2D eigenvalue weighted by Crippen LogP contribution is 1.97. The van der Waals surface area contributed by atoms with Gasteiger partial charge in [-0.3, -0.25) is 4.99 Å². The molecule has 0 aliphatic heterocycles. The summed E-state index contributed by atoms with van der Waals surface area (Å²) in [5.41, 5.74) is 5.67. The van der Waals surface area contributed by atoms with Crippen LogP contribution in [0.4, 0.5) is 0 Å². The van der Waals surface area contributed by atoms with Gasteiger partial charge < -0.3 is 15.8 Å². The maximum Gasteiger partial charge on any atom is 0.188 e. The Bertz CT molecular complexity index is 194. The average molecular weight is 215 g/mol. The fourth-order valence-electron chi connectivity index (χ4n) is 1.01. The molecule has 0 radical (unpaired) electrons. The highest BCUT2D eigenvalue weighted by atomic mass is 16.5. The fraction of sp³-hybridized carbons (Fsp3) is 0.909. The van der Waals surface area contributed by atoms with E-state index in [4.69, 9.17) is 10.5 Å². The first-order chi connectivity index (χ1) is 6.81. The van der Waals surface area contributed by atoms with Crippen molar-refractivity contribution in [2.75, 3.05) is 13.2 Å². The SMILES string of the molecule is CC(C)OCCCN=C(N)NC(C)(C)C. The van der Waals surface area contributed by atoms with Crippen LogP contribution < -0.4 is 11.1 Å². The largest absolute Gasteiger partial charge is 0.379 e. The van der Waals surface area contributed by atoms with Crippen LogP contribution in [-0.2, 0) is 4.74 Å². The van der Waals surface area contributed by atoms with E-state index in [1.165, 1.54) is 0 Å². The molecule has 0 unspecified atom stereocenters. The van der Waals surface area contributed by atoms with Crippen LogP contribution in [0.5, 0.6) is 0 Å². The first-order valence-corrected chi connectivity index (χ1v) is 5.51. The first kappa shape index (κ1) is 14.2. The Balaban J connectivity index is 3.59. The summed E-state index contributed by atoms with van der Waals surface area (Å²) >= 11 is 0. The number of hydrogen-bond donors (Lipinski definition) is 2. The Morgan fingerprint density at radius 2 is 2.00 bits per heavy atom. The van der Waals surface area contributed by atoms with E-state index in [0.717, 1.165) is 13.0 Å². The van der Waals surface area contributed by atoms with Gasteiger partial charge in [0.05, 0.1) is 6.10 Å². The molecule has 0 aromatic heterocycles. The number of hydrogen-bond acceptors (Lipinski definition) is 2. The standard InChI is InChI=1S/C11H25N3O/c1-9(2)15-8-6-7-13-10(12)14-11(3,4)5/h9H,6-8H2,1-5H3,(H3,12,13,14). The van der Waals surface area contributed by atoms with Crippen LogP contribution in [0.15, 0.2) is 4.99 Å². The Morgan fingerprint density at radius 1 is 1.40 bits per heavy atom. The predicted molar refractivity (Wildman–Crippen MR) is 65.1 cm³/mol. The van der Waals surface area contributed by atoms with Gasteiger partial charge in [0.1, 0.15) is 0 Å². The van der Waals surface area contributed by atoms with E-state index in [9.17, 15) is 0 Å². The van der Waals surface area contributed by atoms with Crippen LogP contribution in [0.25, 0.3) is 0 Å². The molecule has 0 aromatic rings. The Labute approximate surface area is 93.3 Å². The van der Waals surface area contributed by atoms with E-state index < -0.39 is 0 Å². The van der Waals surface area contributed by atoms with Gasteiger partial charge in [0.2, 0.25) is 0 Å².